The Labute approximate surface area is 85.1 Å². The molecule has 2 heteroatoms. The van der Waals surface area contributed by atoms with Crippen LogP contribution in [0.3, 0.4) is 0 Å². The van der Waals surface area contributed by atoms with Gasteiger partial charge in [-0.05, 0) is 49.4 Å². The van der Waals surface area contributed by atoms with Crippen LogP contribution in [0, 0.1) is 12.7 Å². The Kier molecular flexibility index (Phi) is 3.64. The van der Waals surface area contributed by atoms with Crippen molar-refractivity contribution in [1.82, 2.24) is 0 Å². The zero-order chi connectivity index (χ0) is 10.7. The summed E-state index contributed by atoms with van der Waals surface area (Å²) in [4.78, 5) is 0. The van der Waals surface area contributed by atoms with E-state index in [1.807, 2.05) is 19.9 Å². The van der Waals surface area contributed by atoms with Crippen LogP contribution in [-0.4, -0.2) is 6.04 Å². The molecule has 0 saturated carbocycles. The van der Waals surface area contributed by atoms with Gasteiger partial charge in [0.2, 0.25) is 0 Å². The number of hydrogen-bond donors (Lipinski definition) is 1. The zero-order valence-corrected chi connectivity index (χ0v) is 9.05. The van der Waals surface area contributed by atoms with Gasteiger partial charge in [-0.25, -0.2) is 4.39 Å². The van der Waals surface area contributed by atoms with E-state index in [2.05, 4.69) is 6.92 Å². The molecule has 2 unspecified atom stereocenters. The molecule has 0 aliphatic heterocycles. The van der Waals surface area contributed by atoms with Crippen LogP contribution >= 0.6 is 0 Å². The van der Waals surface area contributed by atoms with Crippen molar-refractivity contribution >= 4 is 0 Å². The highest BCUT2D eigenvalue weighted by atomic mass is 19.1. The molecule has 14 heavy (non-hydrogen) atoms. The summed E-state index contributed by atoms with van der Waals surface area (Å²) in [5.41, 5.74) is 7.72. The lowest BCUT2D eigenvalue weighted by atomic mass is 9.93. The van der Waals surface area contributed by atoms with E-state index < -0.39 is 0 Å². The SMILES string of the molecule is Cc1cc(F)cc(C(C)CC(C)N)c1. The minimum absolute atomic E-state index is 0.156. The minimum Gasteiger partial charge on any atom is -0.328 e. The second-order valence-electron chi connectivity index (χ2n) is 4.18. The lowest BCUT2D eigenvalue weighted by Crippen LogP contribution is -2.17. The van der Waals surface area contributed by atoms with Crippen molar-refractivity contribution in [2.24, 2.45) is 5.73 Å². The molecule has 0 spiro atoms. The number of halogens is 1. The van der Waals surface area contributed by atoms with E-state index in [-0.39, 0.29) is 11.9 Å². The molecule has 1 aromatic rings. The maximum atomic E-state index is 13.1. The molecule has 0 bridgehead atoms. The first-order valence-electron chi connectivity index (χ1n) is 5.01. The molecule has 0 saturated heterocycles. The highest BCUT2D eigenvalue weighted by Crippen LogP contribution is 2.22. The maximum Gasteiger partial charge on any atom is 0.123 e. The van der Waals surface area contributed by atoms with Crippen LogP contribution in [-0.2, 0) is 0 Å². The number of nitrogens with two attached hydrogens (primary N) is 1. The van der Waals surface area contributed by atoms with E-state index >= 15 is 0 Å². The summed E-state index contributed by atoms with van der Waals surface area (Å²) in [5, 5.41) is 0. The van der Waals surface area contributed by atoms with Crippen LogP contribution in [0.25, 0.3) is 0 Å². The second kappa shape index (κ2) is 4.56. The van der Waals surface area contributed by atoms with E-state index in [9.17, 15) is 4.39 Å². The lowest BCUT2D eigenvalue weighted by Gasteiger charge is -2.15. The third kappa shape index (κ3) is 3.11. The number of benzene rings is 1. The van der Waals surface area contributed by atoms with Gasteiger partial charge in [-0.3, -0.25) is 0 Å². The Bertz CT molecular complexity index is 287. The van der Waals surface area contributed by atoms with Gasteiger partial charge in [0.1, 0.15) is 5.82 Å². The maximum absolute atomic E-state index is 13.1. The van der Waals surface area contributed by atoms with Gasteiger partial charge >= 0.3 is 0 Å². The average molecular weight is 195 g/mol. The van der Waals surface area contributed by atoms with Crippen LogP contribution in [0.15, 0.2) is 18.2 Å². The number of hydrogen-bond acceptors (Lipinski definition) is 1. The van der Waals surface area contributed by atoms with Crippen LogP contribution in [0.5, 0.6) is 0 Å². The lowest BCUT2D eigenvalue weighted by molar-refractivity contribution is 0.576. The molecule has 2 atom stereocenters. The molecule has 0 radical (unpaired) electrons. The van der Waals surface area contributed by atoms with Crippen LogP contribution in [0.2, 0.25) is 0 Å². The van der Waals surface area contributed by atoms with Crippen molar-refractivity contribution in [3.05, 3.63) is 35.1 Å². The predicted molar refractivity (Wildman–Crippen MR) is 57.8 cm³/mol. The molecule has 0 heterocycles. The molecule has 1 aromatic carbocycles. The Morgan fingerprint density at radius 3 is 2.43 bits per heavy atom. The van der Waals surface area contributed by atoms with E-state index in [1.54, 1.807) is 12.1 Å². The Morgan fingerprint density at radius 1 is 1.29 bits per heavy atom. The van der Waals surface area contributed by atoms with Gasteiger partial charge in [0.15, 0.2) is 0 Å². The highest BCUT2D eigenvalue weighted by molar-refractivity contribution is 5.26. The van der Waals surface area contributed by atoms with Crippen molar-refractivity contribution in [2.45, 2.75) is 39.2 Å². The molecular formula is C12H18FN. The van der Waals surface area contributed by atoms with Gasteiger partial charge in [0, 0.05) is 6.04 Å². The monoisotopic (exact) mass is 195 g/mol. The van der Waals surface area contributed by atoms with Crippen molar-refractivity contribution in [1.29, 1.82) is 0 Å². The average Bonchev–Trinajstić information content (AvgIpc) is 2.00. The Morgan fingerprint density at radius 2 is 1.93 bits per heavy atom. The smallest absolute Gasteiger partial charge is 0.123 e. The zero-order valence-electron chi connectivity index (χ0n) is 9.05. The van der Waals surface area contributed by atoms with Crippen molar-refractivity contribution in [3.63, 3.8) is 0 Å². The molecule has 0 fully saturated rings. The fourth-order valence-electron chi connectivity index (χ4n) is 1.74. The molecule has 1 nitrogen and oxygen atoms in total. The van der Waals surface area contributed by atoms with Gasteiger partial charge in [0.25, 0.3) is 0 Å². The molecular weight excluding hydrogens is 177 g/mol. The molecule has 78 valence electrons. The minimum atomic E-state index is -0.156. The standard InChI is InChI=1S/C12H18FN/c1-8-4-11(7-12(13)5-8)9(2)6-10(3)14/h4-5,7,9-10H,6,14H2,1-3H3. The van der Waals surface area contributed by atoms with Crippen LogP contribution in [0.4, 0.5) is 4.39 Å². The first-order valence-corrected chi connectivity index (χ1v) is 5.01. The van der Waals surface area contributed by atoms with E-state index in [4.69, 9.17) is 5.73 Å². The fourth-order valence-corrected chi connectivity index (χ4v) is 1.74. The Balaban J connectivity index is 2.84. The fraction of sp³-hybridized carbons (Fsp3) is 0.500. The Hall–Kier alpha value is -0.890. The summed E-state index contributed by atoms with van der Waals surface area (Å²) >= 11 is 0. The summed E-state index contributed by atoms with van der Waals surface area (Å²) in [6.45, 7) is 5.96. The summed E-state index contributed by atoms with van der Waals surface area (Å²) in [5.74, 6) is 0.168. The first-order chi connectivity index (χ1) is 6.49. The molecule has 2 N–H and O–H groups in total. The number of rotatable bonds is 3. The second-order valence-corrected chi connectivity index (χ2v) is 4.18. The summed E-state index contributed by atoms with van der Waals surface area (Å²) in [7, 11) is 0. The largest absolute Gasteiger partial charge is 0.328 e. The molecule has 0 aromatic heterocycles. The summed E-state index contributed by atoms with van der Waals surface area (Å²) in [6, 6.07) is 5.33. The van der Waals surface area contributed by atoms with Gasteiger partial charge in [-0.1, -0.05) is 13.0 Å². The van der Waals surface area contributed by atoms with Gasteiger partial charge in [-0.2, -0.15) is 0 Å². The molecule has 0 aliphatic rings. The molecule has 0 aliphatic carbocycles. The van der Waals surface area contributed by atoms with Crippen molar-refractivity contribution in [2.75, 3.05) is 0 Å². The molecule has 1 rings (SSSR count). The topological polar surface area (TPSA) is 26.0 Å². The number of aryl methyl sites for hydroxylation is 1. The van der Waals surface area contributed by atoms with Gasteiger partial charge < -0.3 is 5.73 Å². The predicted octanol–water partition coefficient (Wildman–Crippen LogP) is 2.97. The summed E-state index contributed by atoms with van der Waals surface area (Å²) in [6.07, 6.45) is 0.892. The molecule has 0 amide bonds. The van der Waals surface area contributed by atoms with E-state index in [1.165, 1.54) is 0 Å². The van der Waals surface area contributed by atoms with Crippen LogP contribution in [0.1, 0.15) is 37.3 Å². The van der Waals surface area contributed by atoms with Gasteiger partial charge in [-0.15, -0.1) is 0 Å². The quantitative estimate of drug-likeness (QED) is 0.788. The van der Waals surface area contributed by atoms with E-state index in [0.717, 1.165) is 17.5 Å². The summed E-state index contributed by atoms with van der Waals surface area (Å²) < 4.78 is 13.1. The van der Waals surface area contributed by atoms with Crippen LogP contribution < -0.4 is 5.73 Å². The van der Waals surface area contributed by atoms with Crippen molar-refractivity contribution in [3.8, 4) is 0 Å². The van der Waals surface area contributed by atoms with Crippen molar-refractivity contribution < 1.29 is 4.39 Å². The highest BCUT2D eigenvalue weighted by Gasteiger charge is 2.09. The first kappa shape index (κ1) is 11.2. The normalized spacial score (nSPS) is 15.2. The third-order valence-corrected chi connectivity index (χ3v) is 2.36. The van der Waals surface area contributed by atoms with E-state index in [0.29, 0.717) is 5.92 Å². The third-order valence-electron chi connectivity index (χ3n) is 2.36. The van der Waals surface area contributed by atoms with Gasteiger partial charge in [0.05, 0.1) is 0 Å².